The summed E-state index contributed by atoms with van der Waals surface area (Å²) in [6.07, 6.45) is 1.89. The summed E-state index contributed by atoms with van der Waals surface area (Å²) >= 11 is 0. The van der Waals surface area contributed by atoms with Crippen LogP contribution in [0.1, 0.15) is 22.5 Å². The van der Waals surface area contributed by atoms with E-state index in [4.69, 9.17) is 0 Å². The number of hydrogen-bond donors (Lipinski definition) is 2. The molecule has 0 aliphatic carbocycles. The van der Waals surface area contributed by atoms with Gasteiger partial charge in [-0.15, -0.1) is 0 Å². The molecule has 0 saturated carbocycles. The van der Waals surface area contributed by atoms with Crippen LogP contribution >= 0.6 is 0 Å². The number of aromatic carboxylic acids is 1. The first kappa shape index (κ1) is 20.3. The number of aromatic nitrogens is 3. The maximum Gasteiger partial charge on any atom is 0.354 e. The van der Waals surface area contributed by atoms with Gasteiger partial charge in [0.1, 0.15) is 5.69 Å². The van der Waals surface area contributed by atoms with E-state index in [2.05, 4.69) is 21.9 Å². The Morgan fingerprint density at radius 3 is 2.61 bits per heavy atom. The van der Waals surface area contributed by atoms with E-state index in [0.29, 0.717) is 28.9 Å². The lowest BCUT2D eigenvalue weighted by atomic mass is 10.0. The van der Waals surface area contributed by atoms with Gasteiger partial charge in [0, 0.05) is 49.9 Å². The molecule has 0 spiro atoms. The molecule has 1 saturated heterocycles. The standard InChI is InChI=1S/C23H20N4O4/c1-26-11-9-23(31,22(26)30)8-6-15-4-3-5-16(12-15)18-13-17(14-19(25-18)21(28)29)20-7-10-24-27(20)2/h3-5,7,10,12-14,31H,9,11H2,1-2H3,(H,28,29)/t23-/m0/s1. The fourth-order valence-electron chi connectivity index (χ4n) is 3.49. The molecule has 8 heteroatoms. The van der Waals surface area contributed by atoms with Crippen molar-refractivity contribution in [3.05, 3.63) is 59.9 Å². The second-order valence-corrected chi connectivity index (χ2v) is 7.44. The lowest BCUT2D eigenvalue weighted by molar-refractivity contribution is -0.137. The van der Waals surface area contributed by atoms with Crippen molar-refractivity contribution in [3.8, 4) is 34.4 Å². The van der Waals surface area contributed by atoms with E-state index in [0.717, 1.165) is 5.69 Å². The third-order valence-corrected chi connectivity index (χ3v) is 5.24. The topological polar surface area (TPSA) is 109 Å². The molecule has 1 atom stereocenters. The molecule has 3 heterocycles. The Labute approximate surface area is 178 Å². The van der Waals surface area contributed by atoms with Crippen molar-refractivity contribution in [1.82, 2.24) is 19.7 Å². The SMILES string of the molecule is CN1CC[C@@](O)(C#Cc2cccc(-c3cc(-c4ccnn4C)cc(C(=O)O)n3)c2)C1=O. The van der Waals surface area contributed by atoms with Crippen LogP contribution in [0.25, 0.3) is 22.5 Å². The summed E-state index contributed by atoms with van der Waals surface area (Å²) in [4.78, 5) is 29.5. The highest BCUT2D eigenvalue weighted by atomic mass is 16.4. The summed E-state index contributed by atoms with van der Waals surface area (Å²) in [6, 6.07) is 12.2. The summed E-state index contributed by atoms with van der Waals surface area (Å²) in [5.41, 5.74) is 1.38. The number of carboxylic acid groups (broad SMARTS) is 1. The van der Waals surface area contributed by atoms with E-state index in [1.54, 1.807) is 61.4 Å². The number of nitrogens with zero attached hydrogens (tertiary/aromatic N) is 4. The van der Waals surface area contributed by atoms with Gasteiger partial charge in [-0.3, -0.25) is 9.48 Å². The monoisotopic (exact) mass is 416 g/mol. The van der Waals surface area contributed by atoms with Gasteiger partial charge in [-0.25, -0.2) is 9.78 Å². The zero-order chi connectivity index (χ0) is 22.2. The van der Waals surface area contributed by atoms with Gasteiger partial charge in [-0.1, -0.05) is 24.0 Å². The van der Waals surface area contributed by atoms with Crippen LogP contribution < -0.4 is 0 Å². The fraction of sp³-hybridized carbons (Fsp3) is 0.217. The van der Waals surface area contributed by atoms with Crippen molar-refractivity contribution in [2.75, 3.05) is 13.6 Å². The van der Waals surface area contributed by atoms with Gasteiger partial charge in [0.15, 0.2) is 0 Å². The minimum Gasteiger partial charge on any atom is -0.477 e. The average molecular weight is 416 g/mol. The summed E-state index contributed by atoms with van der Waals surface area (Å²) in [5.74, 6) is 4.02. The summed E-state index contributed by atoms with van der Waals surface area (Å²) < 4.78 is 1.66. The summed E-state index contributed by atoms with van der Waals surface area (Å²) in [6.45, 7) is 0.451. The van der Waals surface area contributed by atoms with Gasteiger partial charge in [-0.2, -0.15) is 5.10 Å². The van der Waals surface area contributed by atoms with E-state index in [1.807, 2.05) is 0 Å². The molecule has 1 aliphatic rings. The summed E-state index contributed by atoms with van der Waals surface area (Å²) in [5, 5.41) is 24.1. The van der Waals surface area contributed by atoms with Crippen LogP contribution in [0, 0.1) is 11.8 Å². The fourth-order valence-corrected chi connectivity index (χ4v) is 3.49. The van der Waals surface area contributed by atoms with Crippen molar-refractivity contribution in [2.45, 2.75) is 12.0 Å². The number of hydrogen-bond acceptors (Lipinski definition) is 5. The molecule has 1 amide bonds. The Morgan fingerprint density at radius 2 is 1.97 bits per heavy atom. The number of aryl methyl sites for hydroxylation is 1. The molecule has 2 aromatic heterocycles. The number of amides is 1. The predicted octanol–water partition coefficient (Wildman–Crippen LogP) is 1.79. The Hall–Kier alpha value is -3.96. The largest absolute Gasteiger partial charge is 0.477 e. The van der Waals surface area contributed by atoms with E-state index in [1.165, 1.54) is 11.0 Å². The van der Waals surface area contributed by atoms with Crippen molar-refractivity contribution in [2.24, 2.45) is 7.05 Å². The molecule has 2 N–H and O–H groups in total. The number of aliphatic hydroxyl groups is 1. The Bertz CT molecular complexity index is 1250. The first-order chi connectivity index (χ1) is 14.8. The molecule has 31 heavy (non-hydrogen) atoms. The molecule has 1 aliphatic heterocycles. The highest BCUT2D eigenvalue weighted by molar-refractivity contribution is 5.90. The van der Waals surface area contributed by atoms with Crippen LogP contribution in [-0.4, -0.2) is 60.9 Å². The third kappa shape index (κ3) is 3.91. The van der Waals surface area contributed by atoms with Crippen LogP contribution in [-0.2, 0) is 11.8 Å². The van der Waals surface area contributed by atoms with Gasteiger partial charge in [0.25, 0.3) is 5.91 Å². The number of likely N-dealkylation sites (tertiary alicyclic amines) is 1. The molecule has 4 rings (SSSR count). The summed E-state index contributed by atoms with van der Waals surface area (Å²) in [7, 11) is 3.40. The number of carboxylic acids is 1. The number of pyridine rings is 1. The Morgan fingerprint density at radius 1 is 1.16 bits per heavy atom. The van der Waals surface area contributed by atoms with E-state index < -0.39 is 17.5 Å². The maximum absolute atomic E-state index is 12.1. The number of benzene rings is 1. The van der Waals surface area contributed by atoms with Crippen LogP contribution in [0.4, 0.5) is 0 Å². The second-order valence-electron chi connectivity index (χ2n) is 7.44. The third-order valence-electron chi connectivity index (χ3n) is 5.24. The normalized spacial score (nSPS) is 18.0. The second kappa shape index (κ2) is 7.70. The molecule has 0 radical (unpaired) electrons. The zero-order valence-electron chi connectivity index (χ0n) is 17.0. The molecule has 3 aromatic rings. The Kier molecular flexibility index (Phi) is 5.05. The zero-order valence-corrected chi connectivity index (χ0v) is 17.0. The van der Waals surface area contributed by atoms with Crippen molar-refractivity contribution in [1.29, 1.82) is 0 Å². The molecule has 0 unspecified atom stereocenters. The molecular formula is C23H20N4O4. The lowest BCUT2D eigenvalue weighted by Crippen LogP contribution is -2.37. The highest BCUT2D eigenvalue weighted by Gasteiger charge is 2.42. The maximum atomic E-state index is 12.1. The smallest absolute Gasteiger partial charge is 0.354 e. The van der Waals surface area contributed by atoms with Gasteiger partial charge < -0.3 is 15.1 Å². The van der Waals surface area contributed by atoms with Crippen LogP contribution in [0.3, 0.4) is 0 Å². The van der Waals surface area contributed by atoms with Crippen molar-refractivity contribution < 1.29 is 19.8 Å². The van der Waals surface area contributed by atoms with E-state index >= 15 is 0 Å². The number of rotatable bonds is 3. The number of carbonyl (C=O) groups excluding carboxylic acids is 1. The van der Waals surface area contributed by atoms with Crippen LogP contribution in [0.2, 0.25) is 0 Å². The minimum atomic E-state index is -1.68. The average Bonchev–Trinajstić information content (AvgIpc) is 3.31. The Balaban J connectivity index is 1.74. The number of likely N-dealkylation sites (N-methyl/N-ethyl adjacent to an activating group) is 1. The molecule has 1 fully saturated rings. The molecular weight excluding hydrogens is 396 g/mol. The van der Waals surface area contributed by atoms with E-state index in [9.17, 15) is 19.8 Å². The first-order valence-electron chi connectivity index (χ1n) is 9.62. The van der Waals surface area contributed by atoms with Gasteiger partial charge in [0.2, 0.25) is 5.60 Å². The molecule has 156 valence electrons. The lowest BCUT2D eigenvalue weighted by Gasteiger charge is -2.13. The number of carbonyl (C=O) groups is 2. The van der Waals surface area contributed by atoms with Crippen LogP contribution in [0.5, 0.6) is 0 Å². The quantitative estimate of drug-likeness (QED) is 0.630. The van der Waals surface area contributed by atoms with Crippen molar-refractivity contribution >= 4 is 11.9 Å². The van der Waals surface area contributed by atoms with Gasteiger partial charge in [-0.05, 0) is 30.3 Å². The predicted molar refractivity (Wildman–Crippen MR) is 113 cm³/mol. The van der Waals surface area contributed by atoms with Crippen molar-refractivity contribution in [3.63, 3.8) is 0 Å². The first-order valence-corrected chi connectivity index (χ1v) is 9.62. The van der Waals surface area contributed by atoms with Gasteiger partial charge >= 0.3 is 5.97 Å². The van der Waals surface area contributed by atoms with Gasteiger partial charge in [0.05, 0.1) is 11.4 Å². The molecule has 0 bridgehead atoms. The highest BCUT2D eigenvalue weighted by Crippen LogP contribution is 2.27. The molecule has 8 nitrogen and oxygen atoms in total. The minimum absolute atomic E-state index is 0.0842. The van der Waals surface area contributed by atoms with Crippen LogP contribution in [0.15, 0.2) is 48.7 Å². The molecule has 1 aromatic carbocycles. The van der Waals surface area contributed by atoms with E-state index in [-0.39, 0.29) is 12.1 Å².